The van der Waals surface area contributed by atoms with Crippen LogP contribution in [-0.4, -0.2) is 61.7 Å². The quantitative estimate of drug-likeness (QED) is 0.405. The van der Waals surface area contributed by atoms with E-state index >= 15 is 0 Å². The fourth-order valence-corrected chi connectivity index (χ4v) is 1.10. The molecule has 0 aromatic carbocycles. The molecule has 0 aromatic heterocycles. The van der Waals surface area contributed by atoms with Gasteiger partial charge in [-0.1, -0.05) is 0 Å². The minimum Gasteiger partial charge on any atom is -0.481 e. The van der Waals surface area contributed by atoms with Gasteiger partial charge in [-0.2, -0.15) is 0 Å². The monoisotopic (exact) mass is 263 g/mol. The van der Waals surface area contributed by atoms with Crippen molar-refractivity contribution in [2.24, 2.45) is 0 Å². The summed E-state index contributed by atoms with van der Waals surface area (Å²) in [5.74, 6) is -1.24. The van der Waals surface area contributed by atoms with Crippen LogP contribution in [0.1, 0.15) is 19.3 Å². The van der Waals surface area contributed by atoms with Gasteiger partial charge < -0.3 is 25.0 Å². The van der Waals surface area contributed by atoms with E-state index in [9.17, 15) is 9.59 Å². The number of aliphatic hydroxyl groups is 1. The third-order valence-corrected chi connectivity index (χ3v) is 1.96. The molecule has 0 aliphatic heterocycles. The average molecular weight is 263 g/mol. The highest BCUT2D eigenvalue weighted by atomic mass is 16.5. The van der Waals surface area contributed by atoms with Crippen LogP contribution < -0.4 is 5.32 Å². The van der Waals surface area contributed by atoms with E-state index in [0.717, 1.165) is 0 Å². The number of carbonyl (C=O) groups is 2. The lowest BCUT2D eigenvalue weighted by Gasteiger charge is -2.06. The predicted molar refractivity (Wildman–Crippen MR) is 63.2 cm³/mol. The molecular formula is C11H21NO6. The van der Waals surface area contributed by atoms with Gasteiger partial charge in [-0.05, 0) is 6.42 Å². The third-order valence-electron chi connectivity index (χ3n) is 1.96. The molecule has 0 bridgehead atoms. The maximum atomic E-state index is 11.1. The fourth-order valence-electron chi connectivity index (χ4n) is 1.10. The van der Waals surface area contributed by atoms with Crippen molar-refractivity contribution in [2.75, 3.05) is 39.6 Å². The lowest BCUT2D eigenvalue weighted by molar-refractivity contribution is -0.138. The van der Waals surface area contributed by atoms with Crippen molar-refractivity contribution < 1.29 is 29.3 Å². The Hall–Kier alpha value is -1.18. The summed E-state index contributed by atoms with van der Waals surface area (Å²) in [6.45, 7) is 2.17. The minimum absolute atomic E-state index is 0.00236. The second-order valence-corrected chi connectivity index (χ2v) is 3.55. The standard InChI is InChI=1S/C11H21NO6/c13-5-7-18-9-8-17-6-1-4-12-10(14)2-3-11(15)16/h13H,1-9H2,(H,12,14)(H,15,16). The number of carboxylic acids is 1. The van der Waals surface area contributed by atoms with Crippen LogP contribution in [-0.2, 0) is 19.1 Å². The number of rotatable bonds is 12. The number of hydrogen-bond donors (Lipinski definition) is 3. The van der Waals surface area contributed by atoms with Gasteiger partial charge in [-0.15, -0.1) is 0 Å². The van der Waals surface area contributed by atoms with Crippen LogP contribution in [0.2, 0.25) is 0 Å². The van der Waals surface area contributed by atoms with E-state index in [4.69, 9.17) is 19.7 Å². The van der Waals surface area contributed by atoms with Crippen molar-refractivity contribution in [3.05, 3.63) is 0 Å². The highest BCUT2D eigenvalue weighted by molar-refractivity contribution is 5.80. The zero-order valence-corrected chi connectivity index (χ0v) is 10.4. The fraction of sp³-hybridized carbons (Fsp3) is 0.818. The largest absolute Gasteiger partial charge is 0.481 e. The summed E-state index contributed by atoms with van der Waals surface area (Å²) in [6.07, 6.45) is 0.522. The number of hydrogen-bond acceptors (Lipinski definition) is 5. The van der Waals surface area contributed by atoms with Gasteiger partial charge in [0.1, 0.15) is 0 Å². The lowest BCUT2D eigenvalue weighted by atomic mass is 10.3. The van der Waals surface area contributed by atoms with Crippen molar-refractivity contribution in [3.8, 4) is 0 Å². The molecule has 7 heteroatoms. The van der Waals surface area contributed by atoms with Gasteiger partial charge in [-0.3, -0.25) is 9.59 Å². The molecule has 0 aliphatic carbocycles. The van der Waals surface area contributed by atoms with Gasteiger partial charge in [-0.25, -0.2) is 0 Å². The van der Waals surface area contributed by atoms with Crippen molar-refractivity contribution in [1.82, 2.24) is 5.32 Å². The van der Waals surface area contributed by atoms with E-state index in [-0.39, 0.29) is 25.4 Å². The first-order valence-corrected chi connectivity index (χ1v) is 5.91. The highest BCUT2D eigenvalue weighted by Crippen LogP contribution is 1.89. The van der Waals surface area contributed by atoms with Crippen LogP contribution in [0.15, 0.2) is 0 Å². The number of carboxylic acid groups (broad SMARTS) is 1. The third kappa shape index (κ3) is 12.9. The first-order valence-electron chi connectivity index (χ1n) is 5.91. The molecule has 7 nitrogen and oxygen atoms in total. The number of nitrogens with one attached hydrogen (secondary N) is 1. The average Bonchev–Trinajstić information content (AvgIpc) is 2.34. The topological polar surface area (TPSA) is 105 Å². The summed E-state index contributed by atoms with van der Waals surface area (Å²) in [5.41, 5.74) is 0. The highest BCUT2D eigenvalue weighted by Gasteiger charge is 2.03. The van der Waals surface area contributed by atoms with Crippen LogP contribution in [0, 0.1) is 0 Å². The molecule has 18 heavy (non-hydrogen) atoms. The summed E-state index contributed by atoms with van der Waals surface area (Å²) in [4.78, 5) is 21.3. The molecule has 0 aliphatic rings. The Bertz CT molecular complexity index is 234. The van der Waals surface area contributed by atoms with Gasteiger partial charge >= 0.3 is 5.97 Å². The first-order chi connectivity index (χ1) is 8.66. The smallest absolute Gasteiger partial charge is 0.303 e. The van der Waals surface area contributed by atoms with Crippen molar-refractivity contribution >= 4 is 11.9 Å². The molecule has 0 heterocycles. The van der Waals surface area contributed by atoms with E-state index in [2.05, 4.69) is 5.32 Å². The summed E-state index contributed by atoms with van der Waals surface area (Å²) in [5, 5.41) is 19.4. The zero-order chi connectivity index (χ0) is 13.6. The maximum absolute atomic E-state index is 11.1. The van der Waals surface area contributed by atoms with Crippen LogP contribution in [0.25, 0.3) is 0 Å². The Morgan fingerprint density at radius 1 is 1.00 bits per heavy atom. The normalized spacial score (nSPS) is 10.3. The Balaban J connectivity index is 3.15. The van der Waals surface area contributed by atoms with Gasteiger partial charge in [0.05, 0.1) is 32.8 Å². The Labute approximate surface area is 106 Å². The Morgan fingerprint density at radius 2 is 1.67 bits per heavy atom. The summed E-state index contributed by atoms with van der Waals surface area (Å²) in [7, 11) is 0. The maximum Gasteiger partial charge on any atom is 0.303 e. The number of aliphatic carboxylic acids is 1. The van der Waals surface area contributed by atoms with E-state index in [1.54, 1.807) is 0 Å². The molecule has 0 aromatic rings. The molecule has 0 atom stereocenters. The molecule has 0 saturated carbocycles. The minimum atomic E-state index is -0.976. The molecule has 0 radical (unpaired) electrons. The number of aliphatic hydroxyl groups excluding tert-OH is 1. The van der Waals surface area contributed by atoms with E-state index in [0.29, 0.717) is 39.4 Å². The van der Waals surface area contributed by atoms with Gasteiger partial charge in [0.15, 0.2) is 0 Å². The van der Waals surface area contributed by atoms with Gasteiger partial charge in [0, 0.05) is 19.6 Å². The molecule has 1 amide bonds. The van der Waals surface area contributed by atoms with Crippen LogP contribution in [0.3, 0.4) is 0 Å². The predicted octanol–water partition coefficient (Wildman–Crippen LogP) is -0.617. The number of ether oxygens (including phenoxy) is 2. The number of amides is 1. The number of carbonyl (C=O) groups excluding carboxylic acids is 1. The molecule has 0 spiro atoms. The van der Waals surface area contributed by atoms with Gasteiger partial charge in [0.2, 0.25) is 5.91 Å². The molecule has 0 fully saturated rings. The van der Waals surface area contributed by atoms with Crippen LogP contribution >= 0.6 is 0 Å². The van der Waals surface area contributed by atoms with Crippen LogP contribution in [0.5, 0.6) is 0 Å². The van der Waals surface area contributed by atoms with E-state index in [1.807, 2.05) is 0 Å². The Morgan fingerprint density at radius 3 is 2.28 bits per heavy atom. The summed E-state index contributed by atoms with van der Waals surface area (Å²) < 4.78 is 10.2. The lowest BCUT2D eigenvalue weighted by Crippen LogP contribution is -2.25. The van der Waals surface area contributed by atoms with Crippen molar-refractivity contribution in [3.63, 3.8) is 0 Å². The SMILES string of the molecule is O=C(O)CCC(=O)NCCCOCCOCCO. The zero-order valence-electron chi connectivity index (χ0n) is 10.4. The summed E-state index contributed by atoms with van der Waals surface area (Å²) >= 11 is 0. The van der Waals surface area contributed by atoms with E-state index in [1.165, 1.54) is 0 Å². The molecule has 0 unspecified atom stereocenters. The second kappa shape index (κ2) is 12.3. The molecule has 0 rings (SSSR count). The van der Waals surface area contributed by atoms with Crippen molar-refractivity contribution in [2.45, 2.75) is 19.3 Å². The molecule has 3 N–H and O–H groups in total. The molecule has 0 saturated heterocycles. The Kier molecular flexibility index (Phi) is 11.5. The summed E-state index contributed by atoms with van der Waals surface area (Å²) in [6, 6.07) is 0. The second-order valence-electron chi connectivity index (χ2n) is 3.55. The first kappa shape index (κ1) is 16.8. The molecular weight excluding hydrogens is 242 g/mol. The van der Waals surface area contributed by atoms with E-state index < -0.39 is 5.97 Å². The van der Waals surface area contributed by atoms with Crippen LogP contribution in [0.4, 0.5) is 0 Å². The van der Waals surface area contributed by atoms with Crippen molar-refractivity contribution in [1.29, 1.82) is 0 Å². The molecule has 106 valence electrons. The van der Waals surface area contributed by atoms with Gasteiger partial charge in [0.25, 0.3) is 0 Å².